The van der Waals surface area contributed by atoms with E-state index in [-0.39, 0.29) is 23.0 Å². The molecule has 0 saturated heterocycles. The minimum absolute atomic E-state index is 0.0874. The monoisotopic (exact) mass is 412 g/mol. The molecule has 2 N–H and O–H groups in total. The highest BCUT2D eigenvalue weighted by Crippen LogP contribution is 2.42. The predicted molar refractivity (Wildman–Crippen MR) is 107 cm³/mol. The van der Waals surface area contributed by atoms with Crippen molar-refractivity contribution in [3.8, 4) is 17.1 Å². The van der Waals surface area contributed by atoms with Crippen molar-refractivity contribution in [3.63, 3.8) is 0 Å². The molecule has 1 aliphatic carbocycles. The number of aryl methyl sites for hydroxylation is 1. The van der Waals surface area contributed by atoms with E-state index in [1.807, 2.05) is 18.4 Å². The molecular weight excluding hydrogens is 390 g/mol. The van der Waals surface area contributed by atoms with Gasteiger partial charge in [0.25, 0.3) is 0 Å². The second kappa shape index (κ2) is 7.19. The topological polar surface area (TPSA) is 83.0 Å². The summed E-state index contributed by atoms with van der Waals surface area (Å²) in [6.45, 7) is 5.45. The Kier molecular flexibility index (Phi) is 4.80. The van der Waals surface area contributed by atoms with Crippen LogP contribution in [0.2, 0.25) is 0 Å². The lowest BCUT2D eigenvalue weighted by Gasteiger charge is -2.27. The minimum atomic E-state index is -0.903. The van der Waals surface area contributed by atoms with Crippen molar-refractivity contribution in [2.75, 3.05) is 0 Å². The summed E-state index contributed by atoms with van der Waals surface area (Å²) in [5.41, 5.74) is 5.32. The first-order chi connectivity index (χ1) is 14.2. The number of carbonyl (C=O) groups excluding carboxylic acids is 1. The molecule has 0 radical (unpaired) electrons. The molecule has 0 spiro atoms. The van der Waals surface area contributed by atoms with Gasteiger partial charge in [-0.15, -0.1) is 10.2 Å². The fraction of sp³-hybridized carbons (Fsp3) is 0.318. The van der Waals surface area contributed by atoms with Crippen LogP contribution in [-0.4, -0.2) is 20.7 Å². The van der Waals surface area contributed by atoms with Gasteiger partial charge in [-0.2, -0.15) is 0 Å². The summed E-state index contributed by atoms with van der Waals surface area (Å²) in [7, 11) is 0. The van der Waals surface area contributed by atoms with Gasteiger partial charge in [0.2, 0.25) is 5.91 Å². The van der Waals surface area contributed by atoms with E-state index < -0.39 is 17.3 Å². The lowest BCUT2D eigenvalue weighted by Crippen LogP contribution is -2.30. The first-order valence-corrected chi connectivity index (χ1v) is 9.67. The highest BCUT2D eigenvalue weighted by atomic mass is 19.1. The van der Waals surface area contributed by atoms with Crippen LogP contribution < -0.4 is 10.5 Å². The van der Waals surface area contributed by atoms with Gasteiger partial charge in [0, 0.05) is 11.6 Å². The Morgan fingerprint density at radius 3 is 2.50 bits per heavy atom. The maximum atomic E-state index is 14.7. The number of carbonyl (C=O) groups is 1. The number of ether oxygens (including phenoxy) is 1. The van der Waals surface area contributed by atoms with Crippen molar-refractivity contribution < 1.29 is 18.3 Å². The van der Waals surface area contributed by atoms with E-state index in [2.05, 4.69) is 10.2 Å². The predicted octanol–water partition coefficient (Wildman–Crippen LogP) is 4.28. The molecule has 1 fully saturated rings. The molecule has 156 valence electrons. The number of halogens is 2. The standard InChI is InChI=1S/C22H22F2N4O2/c1-12-10-14(23)5-9-18(12)30-22(2,3)21-27-26-20(28(21)15-6-7-15)16-8-4-13(19(25)29)11-17(16)24/h4-5,8-11,15H,6-7H2,1-3H3,(H2,25,29). The van der Waals surface area contributed by atoms with Crippen LogP contribution in [0.1, 0.15) is 54.5 Å². The van der Waals surface area contributed by atoms with Crippen molar-refractivity contribution in [3.05, 3.63) is 65.0 Å². The van der Waals surface area contributed by atoms with E-state index in [1.54, 1.807) is 13.0 Å². The molecular formula is C22H22F2N4O2. The van der Waals surface area contributed by atoms with Gasteiger partial charge in [-0.1, -0.05) is 0 Å². The Morgan fingerprint density at radius 1 is 1.17 bits per heavy atom. The Morgan fingerprint density at radius 2 is 1.90 bits per heavy atom. The molecule has 3 aromatic rings. The van der Waals surface area contributed by atoms with Crippen molar-refractivity contribution in [1.82, 2.24) is 14.8 Å². The van der Waals surface area contributed by atoms with Crippen molar-refractivity contribution in [2.45, 2.75) is 45.3 Å². The summed E-state index contributed by atoms with van der Waals surface area (Å²) in [5, 5.41) is 8.57. The number of hydrogen-bond acceptors (Lipinski definition) is 4. The molecule has 0 bridgehead atoms. The zero-order valence-corrected chi connectivity index (χ0v) is 16.9. The maximum Gasteiger partial charge on any atom is 0.248 e. The molecule has 1 aromatic heterocycles. The van der Waals surface area contributed by atoms with Gasteiger partial charge in [-0.3, -0.25) is 4.79 Å². The van der Waals surface area contributed by atoms with Crippen LogP contribution in [0.15, 0.2) is 36.4 Å². The van der Waals surface area contributed by atoms with Crippen LogP contribution in [0.3, 0.4) is 0 Å². The molecule has 1 saturated carbocycles. The fourth-order valence-electron chi connectivity index (χ4n) is 3.46. The SMILES string of the molecule is Cc1cc(F)ccc1OC(C)(C)c1nnc(-c2ccc(C(N)=O)cc2F)n1C1CC1. The summed E-state index contributed by atoms with van der Waals surface area (Å²) in [4.78, 5) is 11.3. The van der Waals surface area contributed by atoms with Gasteiger partial charge in [-0.25, -0.2) is 8.78 Å². The number of amides is 1. The van der Waals surface area contributed by atoms with Crippen molar-refractivity contribution in [2.24, 2.45) is 5.73 Å². The van der Waals surface area contributed by atoms with Gasteiger partial charge in [0.1, 0.15) is 17.4 Å². The molecule has 4 rings (SSSR count). The normalized spacial score (nSPS) is 14.0. The third-order valence-corrected chi connectivity index (χ3v) is 5.14. The Bertz CT molecular complexity index is 1140. The van der Waals surface area contributed by atoms with E-state index in [1.165, 1.54) is 24.3 Å². The number of nitrogens with zero attached hydrogens (tertiary/aromatic N) is 3. The van der Waals surface area contributed by atoms with Gasteiger partial charge < -0.3 is 15.0 Å². The number of aromatic nitrogens is 3. The summed E-state index contributed by atoms with van der Waals surface area (Å²) in [6.07, 6.45) is 1.84. The summed E-state index contributed by atoms with van der Waals surface area (Å²) >= 11 is 0. The molecule has 1 heterocycles. The molecule has 0 unspecified atom stereocenters. The first kappa shape index (κ1) is 20.0. The van der Waals surface area contributed by atoms with Crippen LogP contribution in [0.4, 0.5) is 8.78 Å². The van der Waals surface area contributed by atoms with Crippen LogP contribution in [-0.2, 0) is 5.60 Å². The van der Waals surface area contributed by atoms with E-state index in [0.29, 0.717) is 23.0 Å². The van der Waals surface area contributed by atoms with Gasteiger partial charge >= 0.3 is 0 Å². The van der Waals surface area contributed by atoms with Gasteiger partial charge in [-0.05, 0) is 75.6 Å². The second-order valence-electron chi connectivity index (χ2n) is 8.03. The fourth-order valence-corrected chi connectivity index (χ4v) is 3.46. The van der Waals surface area contributed by atoms with Gasteiger partial charge in [0.05, 0.1) is 5.56 Å². The van der Waals surface area contributed by atoms with E-state index in [9.17, 15) is 13.6 Å². The Balaban J connectivity index is 1.75. The lowest BCUT2D eigenvalue weighted by molar-refractivity contribution is 0.0926. The highest BCUT2D eigenvalue weighted by Gasteiger charge is 2.38. The number of hydrogen-bond donors (Lipinski definition) is 1. The largest absolute Gasteiger partial charge is 0.480 e. The Hall–Kier alpha value is -3.29. The van der Waals surface area contributed by atoms with Crippen LogP contribution >= 0.6 is 0 Å². The maximum absolute atomic E-state index is 14.7. The van der Waals surface area contributed by atoms with E-state index >= 15 is 0 Å². The van der Waals surface area contributed by atoms with E-state index in [4.69, 9.17) is 10.5 Å². The summed E-state index contributed by atoms with van der Waals surface area (Å²) < 4.78 is 36.3. The zero-order chi connectivity index (χ0) is 21.6. The first-order valence-electron chi connectivity index (χ1n) is 9.67. The molecule has 0 aliphatic heterocycles. The van der Waals surface area contributed by atoms with E-state index in [0.717, 1.165) is 18.9 Å². The molecule has 6 nitrogen and oxygen atoms in total. The van der Waals surface area contributed by atoms with Crippen molar-refractivity contribution >= 4 is 5.91 Å². The minimum Gasteiger partial charge on any atom is -0.480 e. The Labute approximate surface area is 172 Å². The number of benzene rings is 2. The molecule has 0 atom stereocenters. The zero-order valence-electron chi connectivity index (χ0n) is 16.9. The third-order valence-electron chi connectivity index (χ3n) is 5.14. The molecule has 8 heteroatoms. The lowest BCUT2D eigenvalue weighted by atomic mass is 10.1. The summed E-state index contributed by atoms with van der Waals surface area (Å²) in [5.74, 6) is -0.189. The average molecular weight is 412 g/mol. The highest BCUT2D eigenvalue weighted by molar-refractivity contribution is 5.93. The number of primary amides is 1. The smallest absolute Gasteiger partial charge is 0.248 e. The number of rotatable bonds is 6. The molecule has 2 aromatic carbocycles. The molecule has 1 amide bonds. The third kappa shape index (κ3) is 3.65. The second-order valence-corrected chi connectivity index (χ2v) is 8.03. The van der Waals surface area contributed by atoms with Gasteiger partial charge in [0.15, 0.2) is 17.2 Å². The van der Waals surface area contributed by atoms with Crippen LogP contribution in [0.5, 0.6) is 5.75 Å². The molecule has 1 aliphatic rings. The molecule has 30 heavy (non-hydrogen) atoms. The summed E-state index contributed by atoms with van der Waals surface area (Å²) in [6, 6.07) is 8.51. The van der Waals surface area contributed by atoms with Crippen LogP contribution in [0, 0.1) is 18.6 Å². The van der Waals surface area contributed by atoms with Crippen molar-refractivity contribution in [1.29, 1.82) is 0 Å². The quantitative estimate of drug-likeness (QED) is 0.655. The van der Waals surface area contributed by atoms with Crippen LogP contribution in [0.25, 0.3) is 11.4 Å². The number of nitrogens with two attached hydrogens (primary N) is 1. The average Bonchev–Trinajstić information content (AvgIpc) is 3.41.